The fraction of sp³-hybridized carbons (Fsp3) is 0.778. The molecule has 4 nitrogen and oxygen atoms in total. The van der Waals surface area contributed by atoms with Gasteiger partial charge in [-0.05, 0) is 32.9 Å². The highest BCUT2D eigenvalue weighted by atomic mass is 16.5. The lowest BCUT2D eigenvalue weighted by atomic mass is 9.88. The Hall–Kier alpha value is -0.835. The largest absolute Gasteiger partial charge is 0.345 e. The van der Waals surface area contributed by atoms with Crippen molar-refractivity contribution < 1.29 is 4.52 Å². The summed E-state index contributed by atoms with van der Waals surface area (Å²) in [6, 6.07) is 0. The molecule has 1 aromatic rings. The molecule has 1 aliphatic heterocycles. The van der Waals surface area contributed by atoms with Crippen molar-refractivity contribution in [3.63, 3.8) is 0 Å². The van der Waals surface area contributed by atoms with Crippen LogP contribution >= 0.6 is 0 Å². The molecule has 14 heavy (non-hydrogen) atoms. The lowest BCUT2D eigenvalue weighted by Gasteiger charge is -2.29. The van der Waals surface area contributed by atoms with Crippen molar-refractivity contribution in [2.45, 2.75) is 32.5 Å². The zero-order chi connectivity index (χ0) is 9.97. The molecule has 0 aromatic carbocycles. The average Bonchev–Trinajstić information content (AvgIpc) is 2.65. The maximum Gasteiger partial charge on any atom is 0.230 e. The predicted octanol–water partition coefficient (Wildman–Crippen LogP) is 0.957. The van der Waals surface area contributed by atoms with Gasteiger partial charge in [-0.2, -0.15) is 4.98 Å². The number of hydrogen-bond acceptors (Lipinski definition) is 4. The van der Waals surface area contributed by atoms with Gasteiger partial charge in [-0.15, -0.1) is 0 Å². The molecule has 0 spiro atoms. The van der Waals surface area contributed by atoms with Gasteiger partial charge in [-0.25, -0.2) is 0 Å². The van der Waals surface area contributed by atoms with Crippen LogP contribution in [0.3, 0.4) is 0 Å². The quantitative estimate of drug-likeness (QED) is 0.656. The predicted molar refractivity (Wildman–Crippen MR) is 55.6 cm³/mol. The smallest absolute Gasteiger partial charge is 0.230 e. The summed E-state index contributed by atoms with van der Waals surface area (Å²) in [5, 5.41) is 3.84. The summed E-state index contributed by atoms with van der Waals surface area (Å²) < 4.78 is 5.21. The van der Waals surface area contributed by atoms with Crippen molar-refractivity contribution in [3.8, 4) is 0 Å². The Kier molecular flexibility index (Phi) is 2.86. The second-order valence-corrected chi connectivity index (χ2v) is 3.91. The number of piperidine rings is 1. The number of nitrogens with zero attached hydrogens (tertiary/aromatic N) is 3. The molecule has 5 heteroatoms. The van der Waals surface area contributed by atoms with E-state index in [2.05, 4.69) is 21.8 Å². The molecular formula is C9H16BN3O. The van der Waals surface area contributed by atoms with Crippen LogP contribution in [0.2, 0.25) is 6.82 Å². The first kappa shape index (κ1) is 9.71. The molecule has 2 heterocycles. The summed E-state index contributed by atoms with van der Waals surface area (Å²) >= 11 is 0. The van der Waals surface area contributed by atoms with Gasteiger partial charge in [-0.3, -0.25) is 0 Å². The highest BCUT2D eigenvalue weighted by Crippen LogP contribution is 2.24. The van der Waals surface area contributed by atoms with E-state index in [-0.39, 0.29) is 0 Å². The third-order valence-corrected chi connectivity index (χ3v) is 2.85. The molecule has 76 valence electrons. The van der Waals surface area contributed by atoms with Gasteiger partial charge in [0.2, 0.25) is 13.3 Å². The molecule has 1 aromatic heterocycles. The van der Waals surface area contributed by atoms with Gasteiger partial charge in [0.15, 0.2) is 5.82 Å². The van der Waals surface area contributed by atoms with Crippen LogP contribution in [0.4, 0.5) is 0 Å². The number of rotatable bonds is 2. The topological polar surface area (TPSA) is 42.2 Å². The minimum atomic E-state index is 0.449. The Labute approximate surface area is 84.9 Å². The van der Waals surface area contributed by atoms with E-state index in [4.69, 9.17) is 4.52 Å². The number of hydrogen-bond donors (Lipinski definition) is 0. The van der Waals surface area contributed by atoms with Gasteiger partial charge < -0.3 is 9.33 Å². The summed E-state index contributed by atoms with van der Waals surface area (Å²) in [5.74, 6) is 2.01. The van der Waals surface area contributed by atoms with Crippen LogP contribution in [0.5, 0.6) is 0 Å². The first-order valence-corrected chi connectivity index (χ1v) is 5.32. The summed E-state index contributed by atoms with van der Waals surface area (Å²) in [5.41, 5.74) is 0. The fourth-order valence-electron chi connectivity index (χ4n) is 2.02. The van der Waals surface area contributed by atoms with E-state index >= 15 is 0 Å². The summed E-state index contributed by atoms with van der Waals surface area (Å²) in [6.45, 7) is 6.34. The summed E-state index contributed by atoms with van der Waals surface area (Å²) in [7, 11) is 1.11. The Morgan fingerprint density at radius 1 is 1.57 bits per heavy atom. The number of aryl methyl sites for hydroxylation is 1. The maximum absolute atomic E-state index is 5.21. The van der Waals surface area contributed by atoms with E-state index in [1.807, 2.05) is 6.92 Å². The van der Waals surface area contributed by atoms with Crippen molar-refractivity contribution in [2.75, 3.05) is 13.1 Å². The highest BCUT2D eigenvalue weighted by molar-refractivity contribution is 6.29. The van der Waals surface area contributed by atoms with Crippen molar-refractivity contribution >= 4 is 7.41 Å². The minimum Gasteiger partial charge on any atom is -0.345 e. The first-order valence-electron chi connectivity index (χ1n) is 5.32. The maximum atomic E-state index is 5.21. The Balaban J connectivity index is 2.04. The molecule has 1 aliphatic rings. The average molecular weight is 193 g/mol. The first-order chi connectivity index (χ1) is 6.79. The van der Waals surface area contributed by atoms with Crippen LogP contribution in [-0.2, 0) is 0 Å². The normalized spacial score (nSPS) is 23.7. The van der Waals surface area contributed by atoms with Crippen LogP contribution in [0.25, 0.3) is 0 Å². The van der Waals surface area contributed by atoms with Crippen LogP contribution in [-0.4, -0.2) is 35.5 Å². The Bertz CT molecular complexity index is 302. The second-order valence-electron chi connectivity index (χ2n) is 3.91. The molecule has 0 radical (unpaired) electrons. The van der Waals surface area contributed by atoms with Crippen molar-refractivity contribution in [1.29, 1.82) is 0 Å². The molecule has 0 saturated carbocycles. The zero-order valence-electron chi connectivity index (χ0n) is 8.86. The van der Waals surface area contributed by atoms with Gasteiger partial charge in [0.1, 0.15) is 0 Å². The molecule has 0 bridgehead atoms. The molecular weight excluding hydrogens is 177 g/mol. The molecule has 0 N–H and O–H groups in total. The van der Waals surface area contributed by atoms with Crippen LogP contribution in [0.15, 0.2) is 4.52 Å². The lowest BCUT2D eigenvalue weighted by Crippen LogP contribution is -2.35. The SMILES string of the molecule is CBN1CCCC(c2nc(C)no2)C1. The third-order valence-electron chi connectivity index (χ3n) is 2.85. The van der Waals surface area contributed by atoms with Gasteiger partial charge >= 0.3 is 0 Å². The Morgan fingerprint density at radius 2 is 2.43 bits per heavy atom. The van der Waals surface area contributed by atoms with Gasteiger partial charge in [0.25, 0.3) is 0 Å². The van der Waals surface area contributed by atoms with Crippen molar-refractivity contribution in [2.24, 2.45) is 0 Å². The van der Waals surface area contributed by atoms with E-state index in [0.717, 1.165) is 25.7 Å². The fourth-order valence-corrected chi connectivity index (χ4v) is 2.02. The monoisotopic (exact) mass is 193 g/mol. The van der Waals surface area contributed by atoms with E-state index < -0.39 is 0 Å². The van der Waals surface area contributed by atoms with E-state index in [1.165, 1.54) is 19.4 Å². The molecule has 1 saturated heterocycles. The summed E-state index contributed by atoms with van der Waals surface area (Å²) in [4.78, 5) is 6.74. The standard InChI is InChI=1S/C9H16BN3O/c1-7-11-9(14-12-7)8-4-3-5-13(6-8)10-2/h8,10H,3-6H2,1-2H3. The van der Waals surface area contributed by atoms with Crippen molar-refractivity contribution in [1.82, 2.24) is 15.0 Å². The summed E-state index contributed by atoms with van der Waals surface area (Å²) in [6.07, 6.45) is 2.41. The Morgan fingerprint density at radius 3 is 3.07 bits per heavy atom. The lowest BCUT2D eigenvalue weighted by molar-refractivity contribution is 0.268. The van der Waals surface area contributed by atoms with Crippen LogP contribution in [0, 0.1) is 6.92 Å². The molecule has 1 atom stereocenters. The van der Waals surface area contributed by atoms with E-state index in [9.17, 15) is 0 Å². The van der Waals surface area contributed by atoms with Crippen molar-refractivity contribution in [3.05, 3.63) is 11.7 Å². The van der Waals surface area contributed by atoms with E-state index in [1.54, 1.807) is 0 Å². The van der Waals surface area contributed by atoms with E-state index in [0.29, 0.717) is 5.92 Å². The van der Waals surface area contributed by atoms with Gasteiger partial charge in [0.05, 0.1) is 5.92 Å². The zero-order valence-corrected chi connectivity index (χ0v) is 8.86. The third kappa shape index (κ3) is 1.98. The second kappa shape index (κ2) is 4.13. The van der Waals surface area contributed by atoms with Gasteiger partial charge in [-0.1, -0.05) is 12.0 Å². The van der Waals surface area contributed by atoms with Crippen LogP contribution in [0.1, 0.15) is 30.5 Å². The van der Waals surface area contributed by atoms with Gasteiger partial charge in [0, 0.05) is 0 Å². The molecule has 2 rings (SSSR count). The minimum absolute atomic E-state index is 0.449. The highest BCUT2D eigenvalue weighted by Gasteiger charge is 2.24. The van der Waals surface area contributed by atoms with Crippen LogP contribution < -0.4 is 0 Å². The number of aromatic nitrogens is 2. The molecule has 0 amide bonds. The molecule has 1 unspecified atom stereocenters. The molecule has 1 fully saturated rings. The molecule has 0 aliphatic carbocycles.